The van der Waals surface area contributed by atoms with Crippen LogP contribution in [0.15, 0.2) is 30.3 Å². The lowest BCUT2D eigenvalue weighted by Crippen LogP contribution is -2.43. The minimum atomic E-state index is -3.74. The molecule has 4 atom stereocenters. The van der Waals surface area contributed by atoms with Crippen LogP contribution >= 0.6 is 0 Å². The topological polar surface area (TPSA) is 91.4 Å². The third-order valence-electron chi connectivity index (χ3n) is 5.32. The lowest BCUT2D eigenvalue weighted by atomic mass is 9.86. The molecule has 0 aromatic heterocycles. The van der Waals surface area contributed by atoms with E-state index in [4.69, 9.17) is 18.5 Å². The van der Waals surface area contributed by atoms with Gasteiger partial charge in [-0.1, -0.05) is 36.8 Å². The Morgan fingerprint density at radius 1 is 1.28 bits per heavy atom. The Morgan fingerprint density at radius 2 is 2.03 bits per heavy atom. The number of carbonyl (C=O) groups excluding carboxylic acids is 1. The number of methoxy groups -OCH3 is 1. The number of hydroxylamine groups is 2. The highest BCUT2D eigenvalue weighted by atomic mass is 32.2. The van der Waals surface area contributed by atoms with Gasteiger partial charge in [-0.3, -0.25) is 13.8 Å². The first-order valence-corrected chi connectivity index (χ1v) is 11.7. The maximum absolute atomic E-state index is 12.5. The normalized spacial score (nSPS) is 26.1. The van der Waals surface area contributed by atoms with Crippen molar-refractivity contribution < 1.29 is 31.7 Å². The second-order valence-corrected chi connectivity index (χ2v) is 9.09. The van der Waals surface area contributed by atoms with Gasteiger partial charge in [0.05, 0.1) is 26.0 Å². The molecule has 1 aromatic carbocycles. The highest BCUT2D eigenvalue weighted by Crippen LogP contribution is 2.38. The van der Waals surface area contributed by atoms with E-state index in [0.29, 0.717) is 13.2 Å². The Bertz CT molecular complexity index is 770. The van der Waals surface area contributed by atoms with Crippen molar-refractivity contribution in [2.45, 2.75) is 50.5 Å². The van der Waals surface area contributed by atoms with Gasteiger partial charge in [0.1, 0.15) is 18.1 Å². The average Bonchev–Trinajstić information content (AvgIpc) is 3.09. The molecule has 0 spiro atoms. The molecule has 162 valence electrons. The summed E-state index contributed by atoms with van der Waals surface area (Å²) in [4.78, 5) is 18.5. The molecule has 0 unspecified atom stereocenters. The van der Waals surface area contributed by atoms with E-state index in [2.05, 4.69) is 0 Å². The van der Waals surface area contributed by atoms with E-state index < -0.39 is 34.2 Å². The fourth-order valence-electron chi connectivity index (χ4n) is 4.04. The number of nitrogens with zero attached hydrogens (tertiary/aromatic N) is 1. The fraction of sp³-hybridized carbons (Fsp3) is 0.650. The molecule has 0 radical (unpaired) electrons. The summed E-state index contributed by atoms with van der Waals surface area (Å²) in [5.41, 5.74) is 1.02. The van der Waals surface area contributed by atoms with Gasteiger partial charge in [-0.05, 0) is 18.4 Å². The third kappa shape index (κ3) is 5.99. The van der Waals surface area contributed by atoms with Gasteiger partial charge in [0.2, 0.25) is 0 Å². The van der Waals surface area contributed by atoms with E-state index in [1.807, 2.05) is 30.3 Å². The van der Waals surface area contributed by atoms with Gasteiger partial charge in [0.25, 0.3) is 10.1 Å². The first-order chi connectivity index (χ1) is 13.9. The SMILES string of the molecule is COC(=O)[C@@H]1[C@@H]([C@H](CCOCc2ccccc2)OS(C)(=O)=O)ON2CCCC[C@H]12. The maximum Gasteiger partial charge on any atom is 0.313 e. The van der Waals surface area contributed by atoms with Crippen LogP contribution in [0.25, 0.3) is 0 Å². The molecule has 0 N–H and O–H groups in total. The van der Waals surface area contributed by atoms with Crippen LogP contribution in [0.2, 0.25) is 0 Å². The lowest BCUT2D eigenvalue weighted by Gasteiger charge is -2.28. The minimum absolute atomic E-state index is 0.128. The zero-order chi connectivity index (χ0) is 20.9. The van der Waals surface area contributed by atoms with E-state index in [1.165, 1.54) is 7.11 Å². The Kier molecular flexibility index (Phi) is 7.64. The van der Waals surface area contributed by atoms with Crippen LogP contribution in [0.5, 0.6) is 0 Å². The lowest BCUT2D eigenvalue weighted by molar-refractivity contribution is -0.191. The summed E-state index contributed by atoms with van der Waals surface area (Å²) in [6.45, 7) is 1.38. The van der Waals surface area contributed by atoms with Crippen molar-refractivity contribution in [2.24, 2.45) is 5.92 Å². The van der Waals surface area contributed by atoms with Crippen LogP contribution in [-0.2, 0) is 40.0 Å². The number of piperidine rings is 1. The summed E-state index contributed by atoms with van der Waals surface area (Å²) >= 11 is 0. The third-order valence-corrected chi connectivity index (χ3v) is 5.92. The first kappa shape index (κ1) is 22.2. The highest BCUT2D eigenvalue weighted by Gasteiger charge is 2.52. The van der Waals surface area contributed by atoms with E-state index in [1.54, 1.807) is 5.06 Å². The molecule has 29 heavy (non-hydrogen) atoms. The van der Waals surface area contributed by atoms with Crippen molar-refractivity contribution >= 4 is 16.1 Å². The van der Waals surface area contributed by atoms with Crippen molar-refractivity contribution in [1.82, 2.24) is 5.06 Å². The zero-order valence-corrected chi connectivity index (χ0v) is 17.7. The molecule has 3 rings (SSSR count). The smallest absolute Gasteiger partial charge is 0.313 e. The molecule has 0 amide bonds. The van der Waals surface area contributed by atoms with Gasteiger partial charge in [-0.25, -0.2) is 0 Å². The highest BCUT2D eigenvalue weighted by molar-refractivity contribution is 7.86. The van der Waals surface area contributed by atoms with Crippen molar-refractivity contribution in [3.63, 3.8) is 0 Å². The van der Waals surface area contributed by atoms with Gasteiger partial charge in [0.15, 0.2) is 0 Å². The Balaban J connectivity index is 1.69. The monoisotopic (exact) mass is 427 g/mol. The molecule has 2 aliphatic heterocycles. The second-order valence-electron chi connectivity index (χ2n) is 7.49. The number of hydrogen-bond donors (Lipinski definition) is 0. The van der Waals surface area contributed by atoms with Crippen LogP contribution < -0.4 is 0 Å². The zero-order valence-electron chi connectivity index (χ0n) is 16.9. The molecular formula is C20H29NO7S. The molecule has 2 saturated heterocycles. The molecule has 2 heterocycles. The molecule has 0 bridgehead atoms. The van der Waals surface area contributed by atoms with Crippen LogP contribution in [0, 0.1) is 5.92 Å². The Labute approximate surface area is 172 Å². The van der Waals surface area contributed by atoms with Crippen molar-refractivity contribution in [1.29, 1.82) is 0 Å². The van der Waals surface area contributed by atoms with Gasteiger partial charge in [-0.15, -0.1) is 0 Å². The Hall–Kier alpha value is -1.52. The van der Waals surface area contributed by atoms with Gasteiger partial charge < -0.3 is 9.47 Å². The van der Waals surface area contributed by atoms with Crippen molar-refractivity contribution in [3.05, 3.63) is 35.9 Å². The second kappa shape index (κ2) is 9.99. The minimum Gasteiger partial charge on any atom is -0.469 e. The molecule has 0 aliphatic carbocycles. The standard InChI is InChI=1S/C20H29NO7S/c1-25-20(22)18-16-10-6-7-12-21(16)27-19(18)17(28-29(2,23)24)11-13-26-14-15-8-4-3-5-9-15/h3-5,8-9,16-19H,6-7,10-14H2,1-2H3/t16-,17+,18+,19-/m1/s1. The number of rotatable bonds is 9. The number of hydrogen-bond acceptors (Lipinski definition) is 8. The van der Waals surface area contributed by atoms with E-state index >= 15 is 0 Å². The first-order valence-electron chi connectivity index (χ1n) is 9.90. The van der Waals surface area contributed by atoms with Crippen molar-refractivity contribution in [3.8, 4) is 0 Å². The van der Waals surface area contributed by atoms with Crippen LogP contribution in [0.1, 0.15) is 31.2 Å². The summed E-state index contributed by atoms with van der Waals surface area (Å²) in [5, 5.41) is 1.79. The van der Waals surface area contributed by atoms with Crippen molar-refractivity contribution in [2.75, 3.05) is 26.5 Å². The molecule has 2 aliphatic rings. The molecule has 8 nitrogen and oxygen atoms in total. The summed E-state index contributed by atoms with van der Waals surface area (Å²) < 4.78 is 39.8. The largest absolute Gasteiger partial charge is 0.469 e. The van der Waals surface area contributed by atoms with E-state index in [9.17, 15) is 13.2 Å². The number of benzene rings is 1. The summed E-state index contributed by atoms with van der Waals surface area (Å²) in [6.07, 6.45) is 2.46. The number of ether oxygens (including phenoxy) is 2. The van der Waals surface area contributed by atoms with Gasteiger partial charge in [0, 0.05) is 19.6 Å². The fourth-order valence-corrected chi connectivity index (χ4v) is 4.70. The molecule has 0 saturated carbocycles. The molecule has 1 aromatic rings. The van der Waals surface area contributed by atoms with Crippen LogP contribution in [-0.4, -0.2) is 64.2 Å². The predicted octanol–water partition coefficient (Wildman–Crippen LogP) is 1.90. The molecule has 2 fully saturated rings. The van der Waals surface area contributed by atoms with E-state index in [0.717, 1.165) is 31.1 Å². The van der Waals surface area contributed by atoms with Gasteiger partial charge in [-0.2, -0.15) is 13.5 Å². The number of fused-ring (bicyclic) bond motifs is 1. The van der Waals surface area contributed by atoms with E-state index in [-0.39, 0.29) is 19.1 Å². The average molecular weight is 428 g/mol. The number of carbonyl (C=O) groups is 1. The molecular weight excluding hydrogens is 398 g/mol. The molecule has 9 heteroatoms. The number of esters is 1. The maximum atomic E-state index is 12.5. The summed E-state index contributed by atoms with van der Waals surface area (Å²) in [7, 11) is -2.41. The predicted molar refractivity (Wildman–Crippen MR) is 105 cm³/mol. The van der Waals surface area contributed by atoms with Crippen LogP contribution in [0.3, 0.4) is 0 Å². The van der Waals surface area contributed by atoms with Crippen LogP contribution in [0.4, 0.5) is 0 Å². The Morgan fingerprint density at radius 3 is 2.72 bits per heavy atom. The van der Waals surface area contributed by atoms with Gasteiger partial charge >= 0.3 is 5.97 Å². The summed E-state index contributed by atoms with van der Waals surface area (Å²) in [5.74, 6) is -1.00. The summed E-state index contributed by atoms with van der Waals surface area (Å²) in [6, 6.07) is 9.57. The quantitative estimate of drug-likeness (QED) is 0.335.